The summed E-state index contributed by atoms with van der Waals surface area (Å²) in [5.41, 5.74) is 8.04. The first kappa shape index (κ1) is 12.5. The van der Waals surface area contributed by atoms with Gasteiger partial charge in [0, 0.05) is 25.0 Å². The van der Waals surface area contributed by atoms with Gasteiger partial charge < -0.3 is 16.0 Å². The molecule has 2 aliphatic rings. The van der Waals surface area contributed by atoms with E-state index in [0.717, 1.165) is 43.6 Å². The van der Waals surface area contributed by atoms with Gasteiger partial charge in [0.15, 0.2) is 0 Å². The number of amides is 1. The molecule has 1 aromatic carbocycles. The topological polar surface area (TPSA) is 58.4 Å². The highest BCUT2D eigenvalue weighted by atomic mass is 16.2. The van der Waals surface area contributed by atoms with E-state index in [1.807, 2.05) is 23.1 Å². The predicted molar refractivity (Wildman–Crippen MR) is 77.3 cm³/mol. The van der Waals surface area contributed by atoms with Crippen LogP contribution in [-0.2, 0) is 4.79 Å². The lowest BCUT2D eigenvalue weighted by Crippen LogP contribution is -2.26. The number of hydrogen-bond acceptors (Lipinski definition) is 3. The standard InChI is InChI=1S/C15H21N3O/c16-11-7-8-12(10-11)17-13-4-1-2-5-14(13)18-9-3-6-15(18)19/h1-2,4-5,11-12,17H,3,6-10,16H2. The third-order valence-corrected chi connectivity index (χ3v) is 4.10. The van der Waals surface area contributed by atoms with Gasteiger partial charge in [0.05, 0.1) is 11.4 Å². The van der Waals surface area contributed by atoms with Crippen molar-refractivity contribution in [2.45, 2.75) is 44.2 Å². The second-order valence-corrected chi connectivity index (χ2v) is 5.58. The van der Waals surface area contributed by atoms with Crippen LogP contribution in [0.4, 0.5) is 11.4 Å². The molecule has 19 heavy (non-hydrogen) atoms. The Morgan fingerprint density at radius 2 is 2.11 bits per heavy atom. The van der Waals surface area contributed by atoms with Gasteiger partial charge in [-0.3, -0.25) is 4.79 Å². The molecule has 102 valence electrons. The van der Waals surface area contributed by atoms with Crippen molar-refractivity contribution < 1.29 is 4.79 Å². The Hall–Kier alpha value is -1.55. The van der Waals surface area contributed by atoms with Gasteiger partial charge in [-0.05, 0) is 37.8 Å². The van der Waals surface area contributed by atoms with Gasteiger partial charge in [0.25, 0.3) is 0 Å². The molecule has 4 heteroatoms. The molecular weight excluding hydrogens is 238 g/mol. The highest BCUT2D eigenvalue weighted by Crippen LogP contribution is 2.31. The number of carbonyl (C=O) groups excluding carboxylic acids is 1. The monoisotopic (exact) mass is 259 g/mol. The molecule has 2 fully saturated rings. The van der Waals surface area contributed by atoms with E-state index < -0.39 is 0 Å². The van der Waals surface area contributed by atoms with E-state index in [4.69, 9.17) is 5.73 Å². The molecule has 3 rings (SSSR count). The van der Waals surface area contributed by atoms with Gasteiger partial charge in [-0.25, -0.2) is 0 Å². The van der Waals surface area contributed by atoms with Crippen LogP contribution in [0, 0.1) is 0 Å². The van der Waals surface area contributed by atoms with Gasteiger partial charge in [0.2, 0.25) is 5.91 Å². The van der Waals surface area contributed by atoms with Crippen molar-refractivity contribution in [3.8, 4) is 0 Å². The summed E-state index contributed by atoms with van der Waals surface area (Å²) in [4.78, 5) is 13.8. The number of hydrogen-bond donors (Lipinski definition) is 2. The summed E-state index contributed by atoms with van der Waals surface area (Å²) in [7, 11) is 0. The third kappa shape index (κ3) is 2.59. The van der Waals surface area contributed by atoms with Crippen LogP contribution in [0.25, 0.3) is 0 Å². The molecule has 0 radical (unpaired) electrons. The van der Waals surface area contributed by atoms with Crippen molar-refractivity contribution in [3.63, 3.8) is 0 Å². The fourth-order valence-electron chi connectivity index (χ4n) is 3.10. The third-order valence-electron chi connectivity index (χ3n) is 4.10. The highest BCUT2D eigenvalue weighted by molar-refractivity contribution is 5.98. The zero-order chi connectivity index (χ0) is 13.2. The van der Waals surface area contributed by atoms with Crippen molar-refractivity contribution in [1.29, 1.82) is 0 Å². The zero-order valence-corrected chi connectivity index (χ0v) is 11.1. The summed E-state index contributed by atoms with van der Waals surface area (Å²) in [5, 5.41) is 3.56. The van der Waals surface area contributed by atoms with Crippen LogP contribution in [0.3, 0.4) is 0 Å². The maximum absolute atomic E-state index is 11.9. The second-order valence-electron chi connectivity index (χ2n) is 5.58. The summed E-state index contributed by atoms with van der Waals surface area (Å²) in [6.45, 7) is 0.835. The average Bonchev–Trinajstić information content (AvgIpc) is 2.99. The van der Waals surface area contributed by atoms with Crippen LogP contribution in [-0.4, -0.2) is 24.5 Å². The van der Waals surface area contributed by atoms with Crippen LogP contribution in [0.5, 0.6) is 0 Å². The van der Waals surface area contributed by atoms with Gasteiger partial charge in [-0.15, -0.1) is 0 Å². The van der Waals surface area contributed by atoms with E-state index in [9.17, 15) is 4.79 Å². The molecule has 1 aliphatic heterocycles. The van der Waals surface area contributed by atoms with E-state index in [1.54, 1.807) is 0 Å². The lowest BCUT2D eigenvalue weighted by Gasteiger charge is -2.23. The Labute approximate surface area is 114 Å². The second kappa shape index (κ2) is 5.21. The molecule has 1 heterocycles. The van der Waals surface area contributed by atoms with Gasteiger partial charge in [-0.2, -0.15) is 0 Å². The number of nitrogens with one attached hydrogen (secondary N) is 1. The van der Waals surface area contributed by atoms with E-state index in [1.165, 1.54) is 0 Å². The van der Waals surface area contributed by atoms with Gasteiger partial charge in [0.1, 0.15) is 0 Å². The molecule has 1 amide bonds. The molecule has 1 saturated carbocycles. The number of benzene rings is 1. The number of anilines is 2. The number of nitrogens with two attached hydrogens (primary N) is 1. The minimum Gasteiger partial charge on any atom is -0.381 e. The van der Waals surface area contributed by atoms with Gasteiger partial charge >= 0.3 is 0 Å². The largest absolute Gasteiger partial charge is 0.381 e. The lowest BCUT2D eigenvalue weighted by atomic mass is 10.2. The fourth-order valence-corrected chi connectivity index (χ4v) is 3.10. The maximum Gasteiger partial charge on any atom is 0.227 e. The van der Waals surface area contributed by atoms with Crippen LogP contribution in [0.1, 0.15) is 32.1 Å². The van der Waals surface area contributed by atoms with E-state index in [2.05, 4.69) is 11.4 Å². The zero-order valence-electron chi connectivity index (χ0n) is 11.1. The Bertz CT molecular complexity index is 474. The van der Waals surface area contributed by atoms with Crippen LogP contribution in [0.15, 0.2) is 24.3 Å². The summed E-state index contributed by atoms with van der Waals surface area (Å²) in [6, 6.07) is 8.85. The Morgan fingerprint density at radius 1 is 1.26 bits per heavy atom. The fraction of sp³-hybridized carbons (Fsp3) is 0.533. The number of nitrogens with zero attached hydrogens (tertiary/aromatic N) is 1. The molecule has 1 saturated heterocycles. The Morgan fingerprint density at radius 3 is 2.79 bits per heavy atom. The van der Waals surface area contributed by atoms with Crippen molar-refractivity contribution in [2.24, 2.45) is 5.73 Å². The summed E-state index contributed by atoms with van der Waals surface area (Å²) in [5.74, 6) is 0.234. The first-order chi connectivity index (χ1) is 9.24. The first-order valence-corrected chi connectivity index (χ1v) is 7.15. The predicted octanol–water partition coefficient (Wildman–Crippen LogP) is 2.11. The summed E-state index contributed by atoms with van der Waals surface area (Å²) >= 11 is 0. The number of para-hydroxylation sites is 2. The molecule has 0 bridgehead atoms. The summed E-state index contributed by atoms with van der Waals surface area (Å²) < 4.78 is 0. The molecule has 2 atom stereocenters. The molecular formula is C15H21N3O. The van der Waals surface area contributed by atoms with Crippen molar-refractivity contribution in [3.05, 3.63) is 24.3 Å². The molecule has 0 spiro atoms. The number of carbonyl (C=O) groups is 1. The Balaban J connectivity index is 1.79. The SMILES string of the molecule is NC1CCC(Nc2ccccc2N2CCCC2=O)C1. The van der Waals surface area contributed by atoms with Crippen molar-refractivity contribution in [2.75, 3.05) is 16.8 Å². The van der Waals surface area contributed by atoms with Crippen LogP contribution in [0.2, 0.25) is 0 Å². The highest BCUT2D eigenvalue weighted by Gasteiger charge is 2.26. The molecule has 1 aliphatic carbocycles. The van der Waals surface area contributed by atoms with Crippen LogP contribution >= 0.6 is 0 Å². The molecule has 4 nitrogen and oxygen atoms in total. The summed E-state index contributed by atoms with van der Waals surface area (Å²) in [6.07, 6.45) is 4.85. The van der Waals surface area contributed by atoms with Crippen molar-refractivity contribution >= 4 is 17.3 Å². The molecule has 2 unspecified atom stereocenters. The Kier molecular flexibility index (Phi) is 3.42. The number of rotatable bonds is 3. The smallest absolute Gasteiger partial charge is 0.227 e. The minimum absolute atomic E-state index is 0.234. The van der Waals surface area contributed by atoms with Crippen molar-refractivity contribution in [1.82, 2.24) is 0 Å². The normalized spacial score (nSPS) is 27.0. The quantitative estimate of drug-likeness (QED) is 0.874. The average molecular weight is 259 g/mol. The lowest BCUT2D eigenvalue weighted by molar-refractivity contribution is -0.117. The van der Waals surface area contributed by atoms with E-state index in [0.29, 0.717) is 18.5 Å². The maximum atomic E-state index is 11.9. The first-order valence-electron chi connectivity index (χ1n) is 7.15. The van der Waals surface area contributed by atoms with Crippen LogP contribution < -0.4 is 16.0 Å². The van der Waals surface area contributed by atoms with E-state index >= 15 is 0 Å². The molecule has 3 N–H and O–H groups in total. The molecule has 0 aromatic heterocycles. The minimum atomic E-state index is 0.234. The molecule has 1 aromatic rings. The van der Waals surface area contributed by atoms with E-state index in [-0.39, 0.29) is 5.91 Å². The van der Waals surface area contributed by atoms with Gasteiger partial charge in [-0.1, -0.05) is 12.1 Å².